The van der Waals surface area contributed by atoms with E-state index in [-0.39, 0.29) is 27.1 Å². The number of hydrogen-bond acceptors (Lipinski definition) is 3. The molecule has 0 bridgehead atoms. The van der Waals surface area contributed by atoms with E-state index in [9.17, 15) is 15.3 Å². The van der Waals surface area contributed by atoms with Crippen LogP contribution in [0, 0.1) is 11.5 Å². The van der Waals surface area contributed by atoms with Gasteiger partial charge in [0.05, 0.1) is 0 Å². The van der Waals surface area contributed by atoms with Gasteiger partial charge in [-0.05, 0) is 13.8 Å². The van der Waals surface area contributed by atoms with Gasteiger partial charge in [0.25, 0.3) is 0 Å². The molecule has 0 heterocycles. The SMILES string of the molecule is CC(C)[O-].CC(C)[O-].CC(C)[O-].CC1=[C-]C(C)(C)C(C)=C1C.CC=CC=CC.[Ti+4]. The zero-order chi connectivity index (χ0) is 23.5. The average Bonchev–Trinajstić information content (AvgIpc) is 2.66. The molecule has 1 aliphatic carbocycles. The molecule has 0 aromatic carbocycles. The molecule has 0 aliphatic heterocycles. The van der Waals surface area contributed by atoms with Crippen LogP contribution >= 0.6 is 0 Å². The maximum Gasteiger partial charge on any atom is 4.00 e. The van der Waals surface area contributed by atoms with Gasteiger partial charge in [0.15, 0.2) is 0 Å². The Labute approximate surface area is 197 Å². The van der Waals surface area contributed by atoms with Gasteiger partial charge in [0, 0.05) is 0 Å². The summed E-state index contributed by atoms with van der Waals surface area (Å²) >= 11 is 0. The summed E-state index contributed by atoms with van der Waals surface area (Å²) < 4.78 is 0. The molecule has 29 heavy (non-hydrogen) atoms. The van der Waals surface area contributed by atoms with E-state index in [1.807, 2.05) is 38.2 Å². The second-order valence-electron chi connectivity index (χ2n) is 7.82. The van der Waals surface area contributed by atoms with E-state index in [2.05, 4.69) is 40.7 Å². The molecule has 4 heteroatoms. The fraction of sp³-hybridized carbons (Fsp3) is 0.680. The van der Waals surface area contributed by atoms with Crippen LogP contribution in [0.2, 0.25) is 0 Å². The van der Waals surface area contributed by atoms with Crippen molar-refractivity contribution in [3.63, 3.8) is 0 Å². The van der Waals surface area contributed by atoms with Gasteiger partial charge >= 0.3 is 21.7 Å². The average molecular weight is 443 g/mol. The largest absolute Gasteiger partial charge is 4.00 e. The van der Waals surface area contributed by atoms with Crippen LogP contribution < -0.4 is 15.3 Å². The van der Waals surface area contributed by atoms with Gasteiger partial charge in [0.1, 0.15) is 0 Å². The molecule has 0 N–H and O–H groups in total. The van der Waals surface area contributed by atoms with E-state index in [0.717, 1.165) is 0 Å². The van der Waals surface area contributed by atoms with Crippen molar-refractivity contribution in [2.24, 2.45) is 5.41 Å². The van der Waals surface area contributed by atoms with Gasteiger partial charge in [-0.2, -0.15) is 11.1 Å². The van der Waals surface area contributed by atoms with Gasteiger partial charge in [-0.1, -0.05) is 99.0 Å². The molecule has 0 aromatic heterocycles. The molecule has 0 atom stereocenters. The minimum atomic E-state index is -0.417. The first-order chi connectivity index (χ1) is 12.6. The summed E-state index contributed by atoms with van der Waals surface area (Å²) in [5.41, 5.74) is 4.39. The normalized spacial score (nSPS) is 14.2. The summed E-state index contributed by atoms with van der Waals surface area (Å²) in [7, 11) is 0. The Kier molecular flexibility index (Phi) is 32.1. The molecule has 0 amide bonds. The van der Waals surface area contributed by atoms with Crippen molar-refractivity contribution >= 4 is 0 Å². The zero-order valence-corrected chi connectivity index (χ0v) is 22.8. The first kappa shape index (κ1) is 39.1. The Morgan fingerprint density at radius 3 is 1.03 bits per heavy atom. The fourth-order valence-corrected chi connectivity index (χ4v) is 1.63. The molecular weight excluding hydrogens is 396 g/mol. The molecule has 3 nitrogen and oxygen atoms in total. The van der Waals surface area contributed by atoms with Gasteiger partial charge in [-0.15, -0.1) is 25.2 Å². The van der Waals surface area contributed by atoms with Crippen LogP contribution in [0.5, 0.6) is 0 Å². The van der Waals surface area contributed by atoms with Crippen molar-refractivity contribution in [3.05, 3.63) is 47.1 Å². The van der Waals surface area contributed by atoms with Gasteiger partial charge < -0.3 is 15.3 Å². The maximum atomic E-state index is 9.53. The summed E-state index contributed by atoms with van der Waals surface area (Å²) in [6, 6.07) is 0. The third kappa shape index (κ3) is 38.7. The quantitative estimate of drug-likeness (QED) is 0.341. The predicted octanol–water partition coefficient (Wildman–Crippen LogP) is 4.51. The Morgan fingerprint density at radius 1 is 0.724 bits per heavy atom. The number of rotatable bonds is 1. The Balaban J connectivity index is -0.0000000883. The van der Waals surface area contributed by atoms with E-state index in [4.69, 9.17) is 0 Å². The zero-order valence-electron chi connectivity index (χ0n) is 21.3. The molecule has 0 radical (unpaired) electrons. The molecule has 0 spiro atoms. The van der Waals surface area contributed by atoms with Crippen LogP contribution in [0.15, 0.2) is 41.0 Å². The van der Waals surface area contributed by atoms with Crippen LogP contribution in [0.25, 0.3) is 0 Å². The van der Waals surface area contributed by atoms with Crippen molar-refractivity contribution in [2.75, 3.05) is 0 Å². The maximum absolute atomic E-state index is 9.53. The topological polar surface area (TPSA) is 69.2 Å². The summed E-state index contributed by atoms with van der Waals surface area (Å²) in [6.45, 7) is 24.6. The standard InChI is InChI=1S/C10H15.C6H10.3C3H7O.Ti/c1-7-6-10(4,5)9(3)8(7)2;1-3-5-6-4-2;3*1-3(2)4;/h1-5H3;3-6H,1-2H3;3*3H,1-2H3;/q-1;;3*-1;+4. The minimum absolute atomic E-state index is 0. The van der Waals surface area contributed by atoms with E-state index in [1.165, 1.54) is 16.7 Å². The summed E-state index contributed by atoms with van der Waals surface area (Å²) in [6.07, 6.45) is 10.2. The summed E-state index contributed by atoms with van der Waals surface area (Å²) in [4.78, 5) is 0. The van der Waals surface area contributed by atoms with Gasteiger partial charge in [-0.3, -0.25) is 6.08 Å². The van der Waals surface area contributed by atoms with Crippen molar-refractivity contribution in [3.8, 4) is 0 Å². The monoisotopic (exact) mass is 442 g/mol. The number of allylic oxidation sites excluding steroid dienone is 8. The van der Waals surface area contributed by atoms with E-state index in [1.54, 1.807) is 41.5 Å². The van der Waals surface area contributed by atoms with Crippen molar-refractivity contribution in [1.82, 2.24) is 0 Å². The number of hydrogen-bond donors (Lipinski definition) is 0. The third-order valence-electron chi connectivity index (χ3n) is 3.06. The summed E-state index contributed by atoms with van der Waals surface area (Å²) in [5.74, 6) is 0. The van der Waals surface area contributed by atoms with Crippen LogP contribution in [0.1, 0.15) is 90.0 Å². The molecule has 0 unspecified atom stereocenters. The Bertz CT molecular complexity index is 436. The smallest absolute Gasteiger partial charge is 0.852 e. The molecular formula is C25H46O3Ti. The molecule has 0 aromatic rings. The molecule has 0 saturated heterocycles. The van der Waals surface area contributed by atoms with Crippen molar-refractivity contribution < 1.29 is 37.0 Å². The molecule has 168 valence electrons. The van der Waals surface area contributed by atoms with Crippen LogP contribution in [-0.2, 0) is 21.7 Å². The van der Waals surface area contributed by atoms with Crippen LogP contribution in [-0.4, -0.2) is 18.3 Å². The first-order valence-corrected chi connectivity index (χ1v) is 10.1. The Hall–Kier alpha value is -0.446. The fourth-order valence-electron chi connectivity index (χ4n) is 1.63. The van der Waals surface area contributed by atoms with Gasteiger partial charge in [0.2, 0.25) is 0 Å². The predicted molar refractivity (Wildman–Crippen MR) is 120 cm³/mol. The summed E-state index contributed by atoms with van der Waals surface area (Å²) in [5, 5.41) is 28.6. The minimum Gasteiger partial charge on any atom is -0.852 e. The van der Waals surface area contributed by atoms with E-state index < -0.39 is 18.3 Å². The van der Waals surface area contributed by atoms with E-state index >= 15 is 0 Å². The van der Waals surface area contributed by atoms with Gasteiger partial charge in [-0.25, -0.2) is 5.57 Å². The molecule has 0 fully saturated rings. The molecule has 1 rings (SSSR count). The van der Waals surface area contributed by atoms with Crippen LogP contribution in [0.3, 0.4) is 0 Å². The second-order valence-corrected chi connectivity index (χ2v) is 7.82. The van der Waals surface area contributed by atoms with Crippen molar-refractivity contribution in [2.45, 2.75) is 108 Å². The first-order valence-electron chi connectivity index (χ1n) is 10.1. The third-order valence-corrected chi connectivity index (χ3v) is 3.06. The van der Waals surface area contributed by atoms with Crippen LogP contribution in [0.4, 0.5) is 0 Å². The second kappa shape index (κ2) is 23.8. The van der Waals surface area contributed by atoms with Crippen molar-refractivity contribution in [1.29, 1.82) is 0 Å². The van der Waals surface area contributed by atoms with E-state index in [0.29, 0.717) is 0 Å². The molecule has 1 aliphatic rings. The Morgan fingerprint density at radius 2 is 0.966 bits per heavy atom. The molecule has 0 saturated carbocycles.